The summed E-state index contributed by atoms with van der Waals surface area (Å²) >= 11 is 1.31. The summed E-state index contributed by atoms with van der Waals surface area (Å²) in [6.45, 7) is 6.88. The molecule has 0 radical (unpaired) electrons. The number of hydrogen-bond acceptors (Lipinski definition) is 15. The Morgan fingerprint density at radius 2 is 0.986 bits per heavy atom. The summed E-state index contributed by atoms with van der Waals surface area (Å²) in [7, 11) is 0. The van der Waals surface area contributed by atoms with Crippen LogP contribution >= 0.6 is 11.8 Å². The van der Waals surface area contributed by atoms with E-state index in [1.54, 1.807) is 34.0 Å². The van der Waals surface area contributed by atoms with E-state index in [0.29, 0.717) is 25.0 Å². The molecule has 0 rings (SSSR count). The maximum absolute atomic E-state index is 14.2. The number of nitrogens with two attached hydrogens (primary N) is 5. The van der Waals surface area contributed by atoms with Crippen molar-refractivity contribution in [2.45, 2.75) is 160 Å². The number of thioether (sulfide) groups is 1. The van der Waals surface area contributed by atoms with E-state index in [1.165, 1.54) is 11.8 Å². The Balaban J connectivity index is 6.79. The molecule has 0 aromatic rings. The molecule has 10 unspecified atom stereocenters. The Hall–Kier alpha value is -6.29. The second kappa shape index (κ2) is 34.9. The molecule has 20 N–H and O–H groups in total. The summed E-state index contributed by atoms with van der Waals surface area (Å²) in [6, 6.07) is -11.6. The molecule has 28 heteroatoms. The molecule has 0 aromatic carbocycles. The molecule has 8 amide bonds. The van der Waals surface area contributed by atoms with Gasteiger partial charge in [-0.2, -0.15) is 11.8 Å². The average Bonchev–Trinajstić information content (AvgIpc) is 3.30. The van der Waals surface area contributed by atoms with Crippen molar-refractivity contribution < 1.29 is 68.1 Å². The van der Waals surface area contributed by atoms with Crippen LogP contribution < -0.4 is 65.9 Å². The van der Waals surface area contributed by atoms with Gasteiger partial charge in [0.1, 0.15) is 42.3 Å². The molecule has 27 nitrogen and oxygen atoms in total. The van der Waals surface area contributed by atoms with Gasteiger partial charge in [-0.25, -0.2) is 4.79 Å². The first-order valence-electron chi connectivity index (χ1n) is 23.4. The van der Waals surface area contributed by atoms with E-state index in [1.807, 2.05) is 0 Å². The van der Waals surface area contributed by atoms with Crippen molar-refractivity contribution in [1.82, 2.24) is 37.2 Å². The monoisotopic (exact) mass is 1030 g/mol. The first-order valence-corrected chi connectivity index (χ1v) is 24.8. The molecule has 0 aliphatic heterocycles. The zero-order valence-corrected chi connectivity index (χ0v) is 42.0. The molecule has 404 valence electrons. The molecule has 0 fully saturated rings. The summed E-state index contributed by atoms with van der Waals surface area (Å²) in [6.07, 6.45) is 0.642. The van der Waals surface area contributed by atoms with Crippen molar-refractivity contribution in [3.8, 4) is 0 Å². The minimum atomic E-state index is -1.82. The highest BCUT2D eigenvalue weighted by molar-refractivity contribution is 7.98. The number of carboxylic acid groups (broad SMARTS) is 3. The van der Waals surface area contributed by atoms with E-state index < -0.39 is 145 Å². The Labute approximate surface area is 417 Å². The van der Waals surface area contributed by atoms with E-state index in [0.717, 1.165) is 0 Å². The van der Waals surface area contributed by atoms with Crippen LogP contribution in [0.5, 0.6) is 0 Å². The zero-order valence-electron chi connectivity index (χ0n) is 41.2. The standard InChI is InChI=1S/C43H77N13O14S/c1-6-22(3)33(55-35(62)24(45)13-15-30(46)57)41(68)54-29(21-32(60)61)39(66)50-25(12-10-19-49-43(47)48)38(65)56-34(23(4)7-2)40(67)52-27(17-20-71-5)37(64)51-26(14-16-31(58)59)36(63)53-28(42(69)70)11-8-9-18-44/h22-29,33-34H,6-21,44-45H2,1-5H3,(H2,46,57)(H,50,66)(H,51,64)(H,52,67)(H,53,63)(H,54,68)(H,55,62)(H,56,65)(H,58,59)(H,60,61)(H,69,70)(H4,47,48,49). The molecule has 0 aliphatic carbocycles. The molecule has 0 spiro atoms. The second-order valence-electron chi connectivity index (χ2n) is 17.0. The number of nitrogens with zero attached hydrogens (tertiary/aromatic N) is 1. The Morgan fingerprint density at radius 1 is 0.535 bits per heavy atom. The van der Waals surface area contributed by atoms with Gasteiger partial charge in [-0.3, -0.25) is 52.9 Å². The van der Waals surface area contributed by atoms with E-state index in [-0.39, 0.29) is 64.0 Å². The van der Waals surface area contributed by atoms with Crippen LogP contribution in [0.2, 0.25) is 0 Å². The van der Waals surface area contributed by atoms with Crippen LogP contribution in [0.3, 0.4) is 0 Å². The fourth-order valence-electron chi connectivity index (χ4n) is 6.63. The van der Waals surface area contributed by atoms with Crippen LogP contribution in [0.15, 0.2) is 4.99 Å². The molecule has 0 bridgehead atoms. The lowest BCUT2D eigenvalue weighted by Gasteiger charge is -2.30. The summed E-state index contributed by atoms with van der Waals surface area (Å²) in [4.78, 5) is 147. The van der Waals surface area contributed by atoms with Gasteiger partial charge in [-0.15, -0.1) is 0 Å². The number of aliphatic imine (C=N–C) groups is 1. The van der Waals surface area contributed by atoms with E-state index in [9.17, 15) is 68.1 Å². The van der Waals surface area contributed by atoms with Crippen molar-refractivity contribution in [2.75, 3.05) is 25.1 Å². The van der Waals surface area contributed by atoms with Gasteiger partial charge in [0.2, 0.25) is 47.3 Å². The third-order valence-electron chi connectivity index (χ3n) is 11.3. The lowest BCUT2D eigenvalue weighted by Crippen LogP contribution is -2.61. The number of carboxylic acids is 3. The summed E-state index contributed by atoms with van der Waals surface area (Å²) < 4.78 is 0. The molecule has 0 aromatic heterocycles. The van der Waals surface area contributed by atoms with Gasteiger partial charge in [0.25, 0.3) is 0 Å². The zero-order chi connectivity index (χ0) is 54.4. The van der Waals surface area contributed by atoms with Gasteiger partial charge in [0, 0.05) is 19.4 Å². The number of nitrogens with one attached hydrogen (secondary N) is 7. The number of carbonyl (C=O) groups is 11. The largest absolute Gasteiger partial charge is 0.481 e. The number of unbranched alkanes of at least 4 members (excludes halogenated alkanes) is 1. The fraction of sp³-hybridized carbons (Fsp3) is 0.721. The normalized spacial score (nSPS) is 15.2. The summed E-state index contributed by atoms with van der Waals surface area (Å²) in [5.41, 5.74) is 27.5. The third-order valence-corrected chi connectivity index (χ3v) is 11.9. The maximum Gasteiger partial charge on any atom is 0.326 e. The highest BCUT2D eigenvalue weighted by atomic mass is 32.2. The van der Waals surface area contributed by atoms with Crippen molar-refractivity contribution in [3.05, 3.63) is 0 Å². The van der Waals surface area contributed by atoms with E-state index >= 15 is 0 Å². The van der Waals surface area contributed by atoms with Gasteiger partial charge in [-0.05, 0) is 81.8 Å². The van der Waals surface area contributed by atoms with Crippen LogP contribution in [-0.2, 0) is 52.7 Å². The highest BCUT2D eigenvalue weighted by Crippen LogP contribution is 2.14. The SMILES string of the molecule is CCC(C)C(NC(=O)C(N)CCC(N)=O)C(=O)NC(CC(=O)O)C(=O)NC(CCCN=C(N)N)C(=O)NC(C(=O)NC(CCSC)C(=O)NC(CCC(=O)O)C(=O)NC(CCCCN)C(=O)O)C(C)CC. The lowest BCUT2D eigenvalue weighted by atomic mass is 9.96. The van der Waals surface area contributed by atoms with Crippen LogP contribution in [0.25, 0.3) is 0 Å². The molecule has 10 atom stereocenters. The predicted molar refractivity (Wildman–Crippen MR) is 261 cm³/mol. The first-order chi connectivity index (χ1) is 33.3. The Bertz CT molecular complexity index is 1840. The quantitative estimate of drug-likeness (QED) is 0.0162. The number of primary amides is 1. The Morgan fingerprint density at radius 3 is 1.45 bits per heavy atom. The number of aliphatic carboxylic acids is 3. The molecule has 0 saturated heterocycles. The van der Waals surface area contributed by atoms with Gasteiger partial charge in [0.05, 0.1) is 12.5 Å². The number of carbonyl (C=O) groups excluding carboxylic acids is 8. The smallest absolute Gasteiger partial charge is 0.326 e. The van der Waals surface area contributed by atoms with Gasteiger partial charge < -0.3 is 81.2 Å². The first kappa shape index (κ1) is 64.7. The van der Waals surface area contributed by atoms with Crippen molar-refractivity contribution >= 4 is 82.9 Å². The van der Waals surface area contributed by atoms with Gasteiger partial charge in [0.15, 0.2) is 5.96 Å². The summed E-state index contributed by atoms with van der Waals surface area (Å²) in [5, 5.41) is 46.1. The maximum atomic E-state index is 14.2. The lowest BCUT2D eigenvalue weighted by molar-refractivity contribution is -0.143. The van der Waals surface area contributed by atoms with Crippen LogP contribution in [0.1, 0.15) is 111 Å². The van der Waals surface area contributed by atoms with Crippen molar-refractivity contribution in [1.29, 1.82) is 0 Å². The second-order valence-corrected chi connectivity index (χ2v) is 18.0. The predicted octanol–water partition coefficient (Wildman–Crippen LogP) is -3.58. The summed E-state index contributed by atoms with van der Waals surface area (Å²) in [5.74, 6) is -12.7. The van der Waals surface area contributed by atoms with Gasteiger partial charge in [-0.1, -0.05) is 40.5 Å². The minimum absolute atomic E-state index is 0.00556. The van der Waals surface area contributed by atoms with E-state index in [2.05, 4.69) is 42.2 Å². The number of hydrogen-bond donors (Lipinski definition) is 15. The van der Waals surface area contributed by atoms with Crippen LogP contribution in [0.4, 0.5) is 0 Å². The van der Waals surface area contributed by atoms with Crippen LogP contribution in [-0.4, -0.2) is 160 Å². The molecular weight excluding hydrogens is 955 g/mol. The van der Waals surface area contributed by atoms with Crippen molar-refractivity contribution in [3.63, 3.8) is 0 Å². The van der Waals surface area contributed by atoms with E-state index in [4.69, 9.17) is 28.7 Å². The third kappa shape index (κ3) is 26.5. The Kier molecular flexibility index (Phi) is 31.8. The number of rotatable bonds is 38. The minimum Gasteiger partial charge on any atom is -0.481 e. The fourth-order valence-corrected chi connectivity index (χ4v) is 7.11. The number of amides is 8. The molecule has 0 saturated carbocycles. The average molecular weight is 1030 g/mol. The number of guanidine groups is 1. The molecule has 71 heavy (non-hydrogen) atoms. The van der Waals surface area contributed by atoms with Crippen LogP contribution in [0, 0.1) is 11.8 Å². The van der Waals surface area contributed by atoms with Crippen molar-refractivity contribution in [2.24, 2.45) is 45.5 Å². The topological polar surface area (TPSA) is 475 Å². The van der Waals surface area contributed by atoms with Gasteiger partial charge >= 0.3 is 17.9 Å². The molecule has 0 heterocycles. The molecule has 0 aliphatic rings. The highest BCUT2D eigenvalue weighted by Gasteiger charge is 2.37. The molecular formula is C43H77N13O14S.